The van der Waals surface area contributed by atoms with E-state index in [4.69, 9.17) is 4.74 Å². The molecular weight excluding hydrogens is 390 g/mol. The number of hydrogen-bond donors (Lipinski definition) is 1. The second kappa shape index (κ2) is 8.77. The van der Waals surface area contributed by atoms with Gasteiger partial charge >= 0.3 is 0 Å². The number of piperidine rings is 1. The number of ether oxygens (including phenoxy) is 1. The van der Waals surface area contributed by atoms with Crippen LogP contribution in [-0.4, -0.2) is 48.8 Å². The minimum Gasteiger partial charge on any atom is -0.496 e. The van der Waals surface area contributed by atoms with Crippen molar-refractivity contribution in [3.05, 3.63) is 29.8 Å². The number of methoxy groups -OCH3 is 1. The van der Waals surface area contributed by atoms with Gasteiger partial charge in [0.1, 0.15) is 5.75 Å². The number of amides is 2. The van der Waals surface area contributed by atoms with Crippen molar-refractivity contribution in [3.8, 4) is 5.75 Å². The summed E-state index contributed by atoms with van der Waals surface area (Å²) in [6, 6.07) is 7.69. The molecule has 0 spiro atoms. The predicted molar refractivity (Wildman–Crippen MR) is 111 cm³/mol. The Morgan fingerprint density at radius 3 is 2.86 bits per heavy atom. The Kier molecular flexibility index (Phi) is 5.94. The molecule has 0 radical (unpaired) electrons. The first-order chi connectivity index (χ1) is 14.2. The average Bonchev–Trinajstić information content (AvgIpc) is 3.41. The van der Waals surface area contributed by atoms with Crippen LogP contribution in [0, 0.1) is 5.92 Å². The molecule has 2 saturated heterocycles. The molecule has 0 bridgehead atoms. The highest BCUT2D eigenvalue weighted by Crippen LogP contribution is 2.32. The quantitative estimate of drug-likeness (QED) is 0.778. The number of rotatable bonds is 6. The lowest BCUT2D eigenvalue weighted by Crippen LogP contribution is -2.43. The molecule has 2 fully saturated rings. The van der Waals surface area contributed by atoms with Crippen LogP contribution < -0.4 is 19.9 Å². The van der Waals surface area contributed by atoms with E-state index in [-0.39, 0.29) is 17.7 Å². The van der Waals surface area contributed by atoms with Gasteiger partial charge in [0.15, 0.2) is 0 Å². The molecule has 3 heterocycles. The van der Waals surface area contributed by atoms with Crippen molar-refractivity contribution in [2.45, 2.75) is 32.2 Å². The fourth-order valence-electron chi connectivity index (χ4n) is 3.84. The zero-order chi connectivity index (χ0) is 20.2. The molecule has 29 heavy (non-hydrogen) atoms. The predicted octanol–water partition coefficient (Wildman–Crippen LogP) is 2.21. The third-order valence-electron chi connectivity index (χ3n) is 5.42. The van der Waals surface area contributed by atoms with Gasteiger partial charge in [0.25, 0.3) is 0 Å². The lowest BCUT2D eigenvalue weighted by molar-refractivity contribution is -0.125. The summed E-state index contributed by atoms with van der Waals surface area (Å²) in [5, 5.41) is 13.0. The molecule has 0 saturated carbocycles. The Morgan fingerprint density at radius 2 is 2.07 bits per heavy atom. The smallest absolute Gasteiger partial charge is 0.228 e. The SMILES string of the molecule is COc1ccccc1CNC(=O)C1CCCN(c2nnc(N3CCCC3=O)s2)C1. The number of nitrogens with one attached hydrogen (secondary N) is 1. The van der Waals surface area contributed by atoms with Gasteiger partial charge in [0.05, 0.1) is 13.0 Å². The Bertz CT molecular complexity index is 887. The molecule has 2 amide bonds. The summed E-state index contributed by atoms with van der Waals surface area (Å²) >= 11 is 1.43. The van der Waals surface area contributed by atoms with Crippen LogP contribution in [0.5, 0.6) is 5.75 Å². The van der Waals surface area contributed by atoms with Crippen molar-refractivity contribution in [2.75, 3.05) is 36.5 Å². The number of aromatic nitrogens is 2. The normalized spacial score (nSPS) is 19.5. The fourth-order valence-corrected chi connectivity index (χ4v) is 4.76. The maximum atomic E-state index is 12.7. The number of nitrogens with zero attached hydrogens (tertiary/aromatic N) is 4. The van der Waals surface area contributed by atoms with E-state index in [2.05, 4.69) is 20.4 Å². The maximum Gasteiger partial charge on any atom is 0.228 e. The first-order valence-electron chi connectivity index (χ1n) is 9.94. The van der Waals surface area contributed by atoms with Crippen LogP contribution in [0.15, 0.2) is 24.3 Å². The van der Waals surface area contributed by atoms with Gasteiger partial charge in [-0.25, -0.2) is 0 Å². The highest BCUT2D eigenvalue weighted by molar-refractivity contribution is 7.19. The number of para-hydroxylation sites is 1. The van der Waals surface area contributed by atoms with Crippen LogP contribution in [0.25, 0.3) is 0 Å². The molecule has 2 aromatic rings. The van der Waals surface area contributed by atoms with E-state index < -0.39 is 0 Å². The lowest BCUT2D eigenvalue weighted by Gasteiger charge is -2.31. The van der Waals surface area contributed by atoms with E-state index >= 15 is 0 Å². The van der Waals surface area contributed by atoms with Gasteiger partial charge in [-0.05, 0) is 25.3 Å². The van der Waals surface area contributed by atoms with Crippen LogP contribution in [0.4, 0.5) is 10.3 Å². The molecule has 8 nitrogen and oxygen atoms in total. The Hall–Kier alpha value is -2.68. The largest absolute Gasteiger partial charge is 0.496 e. The second-order valence-electron chi connectivity index (χ2n) is 7.33. The number of carbonyl (C=O) groups excluding carboxylic acids is 2. The highest BCUT2D eigenvalue weighted by atomic mass is 32.1. The first-order valence-corrected chi connectivity index (χ1v) is 10.8. The highest BCUT2D eigenvalue weighted by Gasteiger charge is 2.30. The third-order valence-corrected chi connectivity index (χ3v) is 6.42. The zero-order valence-corrected chi connectivity index (χ0v) is 17.3. The van der Waals surface area contributed by atoms with Gasteiger partial charge in [0, 0.05) is 38.2 Å². The van der Waals surface area contributed by atoms with E-state index in [0.717, 1.165) is 42.3 Å². The third kappa shape index (κ3) is 4.34. The van der Waals surface area contributed by atoms with Crippen LogP contribution >= 0.6 is 11.3 Å². The number of benzene rings is 1. The van der Waals surface area contributed by atoms with Crippen molar-refractivity contribution in [3.63, 3.8) is 0 Å². The zero-order valence-electron chi connectivity index (χ0n) is 16.5. The van der Waals surface area contributed by atoms with Crippen molar-refractivity contribution in [1.82, 2.24) is 15.5 Å². The first kappa shape index (κ1) is 19.6. The molecule has 1 unspecified atom stereocenters. The minimum atomic E-state index is -0.0979. The summed E-state index contributed by atoms with van der Waals surface area (Å²) in [6.45, 7) is 2.61. The number of carbonyl (C=O) groups is 2. The molecule has 4 rings (SSSR count). The summed E-state index contributed by atoms with van der Waals surface area (Å²) in [5.74, 6) is 0.829. The van der Waals surface area contributed by atoms with E-state index in [1.807, 2.05) is 24.3 Å². The Balaban J connectivity index is 1.36. The van der Waals surface area contributed by atoms with Crippen LogP contribution in [0.1, 0.15) is 31.2 Å². The van der Waals surface area contributed by atoms with Gasteiger partial charge < -0.3 is 15.0 Å². The monoisotopic (exact) mass is 415 g/mol. The van der Waals surface area contributed by atoms with Crippen LogP contribution in [0.3, 0.4) is 0 Å². The van der Waals surface area contributed by atoms with Crippen LogP contribution in [0.2, 0.25) is 0 Å². The summed E-state index contributed by atoms with van der Waals surface area (Å²) in [4.78, 5) is 28.5. The Labute approximate surface area is 173 Å². The van der Waals surface area contributed by atoms with Gasteiger partial charge in [0.2, 0.25) is 22.1 Å². The fraction of sp³-hybridized carbons (Fsp3) is 0.500. The van der Waals surface area contributed by atoms with E-state index in [1.165, 1.54) is 11.3 Å². The van der Waals surface area contributed by atoms with Gasteiger partial charge in [-0.3, -0.25) is 14.5 Å². The maximum absolute atomic E-state index is 12.7. The number of hydrogen-bond acceptors (Lipinski definition) is 7. The molecule has 1 aromatic heterocycles. The van der Waals surface area contributed by atoms with Gasteiger partial charge in [-0.2, -0.15) is 0 Å². The number of anilines is 2. The van der Waals surface area contributed by atoms with E-state index in [1.54, 1.807) is 12.0 Å². The van der Waals surface area contributed by atoms with Gasteiger partial charge in [-0.1, -0.05) is 29.5 Å². The van der Waals surface area contributed by atoms with Crippen molar-refractivity contribution in [2.24, 2.45) is 5.92 Å². The molecule has 1 aromatic carbocycles. The molecule has 2 aliphatic heterocycles. The van der Waals surface area contributed by atoms with Crippen molar-refractivity contribution >= 4 is 33.4 Å². The topological polar surface area (TPSA) is 87.7 Å². The van der Waals surface area contributed by atoms with Crippen molar-refractivity contribution in [1.29, 1.82) is 0 Å². The van der Waals surface area contributed by atoms with Gasteiger partial charge in [-0.15, -0.1) is 10.2 Å². The summed E-state index contributed by atoms with van der Waals surface area (Å²) < 4.78 is 5.35. The molecule has 1 N–H and O–H groups in total. The molecule has 154 valence electrons. The second-order valence-corrected chi connectivity index (χ2v) is 8.27. The molecule has 0 aliphatic carbocycles. The molecular formula is C20H25N5O3S. The Morgan fingerprint density at radius 1 is 1.24 bits per heavy atom. The summed E-state index contributed by atoms with van der Waals surface area (Å²) in [6.07, 6.45) is 3.22. The minimum absolute atomic E-state index is 0.0417. The molecule has 2 aliphatic rings. The summed E-state index contributed by atoms with van der Waals surface area (Å²) in [5.41, 5.74) is 0.958. The molecule has 9 heteroatoms. The molecule has 1 atom stereocenters. The van der Waals surface area contributed by atoms with E-state index in [0.29, 0.717) is 31.2 Å². The lowest BCUT2D eigenvalue weighted by atomic mass is 9.97. The van der Waals surface area contributed by atoms with Crippen LogP contribution in [-0.2, 0) is 16.1 Å². The standard InChI is InChI=1S/C20H25N5O3S/c1-28-16-8-3-2-6-14(16)12-21-18(27)15-7-4-10-24(13-15)19-22-23-20(29-19)25-11-5-9-17(25)26/h2-3,6,8,15H,4-5,7,9-13H2,1H3,(H,21,27). The average molecular weight is 416 g/mol. The summed E-state index contributed by atoms with van der Waals surface area (Å²) in [7, 11) is 1.63. The van der Waals surface area contributed by atoms with Crippen molar-refractivity contribution < 1.29 is 14.3 Å². The van der Waals surface area contributed by atoms with E-state index in [9.17, 15) is 9.59 Å².